The normalized spacial score (nSPS) is 43.8. The van der Waals surface area contributed by atoms with E-state index in [0.29, 0.717) is 24.0 Å². The Balaban J connectivity index is 1.74. The molecule has 2 nitrogen and oxygen atoms in total. The molecule has 0 aromatic heterocycles. The maximum Gasteiger partial charge on any atom is 0.156 e. The van der Waals surface area contributed by atoms with Crippen molar-refractivity contribution in [1.29, 1.82) is 0 Å². The Morgan fingerprint density at radius 2 is 2.00 bits per heavy atom. The molecule has 0 aromatic rings. The molecule has 0 bridgehead atoms. The molecule has 0 unspecified atom stereocenters. The molecule has 0 aromatic carbocycles. The van der Waals surface area contributed by atoms with Crippen molar-refractivity contribution in [3.05, 3.63) is 22.8 Å². The molecule has 2 fully saturated rings. The van der Waals surface area contributed by atoms with Crippen molar-refractivity contribution in [3.63, 3.8) is 0 Å². The van der Waals surface area contributed by atoms with E-state index in [-0.39, 0.29) is 11.5 Å². The standard InChI is InChI=1S/C18H24O2/c1-18-9-8-14-13-5-3-12(19)10-11(13)2-4-15(14)16(18)6-7-17(18)20/h10,15-17,20H,2-9H2,1H3/t15-,16-,17-,18+/m0/s1. The van der Waals surface area contributed by atoms with Crippen molar-refractivity contribution in [2.75, 3.05) is 0 Å². The Hall–Kier alpha value is -0.890. The predicted octanol–water partition coefficient (Wildman–Crippen LogP) is 3.55. The highest BCUT2D eigenvalue weighted by molar-refractivity contribution is 5.93. The molecule has 0 amide bonds. The summed E-state index contributed by atoms with van der Waals surface area (Å²) in [6, 6.07) is 0. The molecule has 4 atom stereocenters. The van der Waals surface area contributed by atoms with E-state index in [1.807, 2.05) is 6.08 Å². The highest BCUT2D eigenvalue weighted by Crippen LogP contribution is 2.59. The minimum atomic E-state index is -0.0936. The first-order valence-electron chi connectivity index (χ1n) is 8.23. The molecule has 2 heteroatoms. The molecule has 4 rings (SSSR count). The second-order valence-electron chi connectivity index (χ2n) is 7.49. The number of hydrogen-bond donors (Lipinski definition) is 1. The molecule has 0 heterocycles. The predicted molar refractivity (Wildman–Crippen MR) is 78.1 cm³/mol. The van der Waals surface area contributed by atoms with Crippen LogP contribution in [-0.4, -0.2) is 17.0 Å². The van der Waals surface area contributed by atoms with Gasteiger partial charge in [0.1, 0.15) is 0 Å². The van der Waals surface area contributed by atoms with Crippen molar-refractivity contribution >= 4 is 5.78 Å². The van der Waals surface area contributed by atoms with Crippen LogP contribution in [0.1, 0.15) is 58.3 Å². The van der Waals surface area contributed by atoms with Crippen LogP contribution < -0.4 is 0 Å². The molecular weight excluding hydrogens is 248 g/mol. The van der Waals surface area contributed by atoms with E-state index in [1.54, 1.807) is 5.57 Å². The monoisotopic (exact) mass is 272 g/mol. The van der Waals surface area contributed by atoms with Gasteiger partial charge in [0.2, 0.25) is 0 Å². The summed E-state index contributed by atoms with van der Waals surface area (Å²) in [5.41, 5.74) is 4.69. The fourth-order valence-corrected chi connectivity index (χ4v) is 5.50. The van der Waals surface area contributed by atoms with Gasteiger partial charge in [0.25, 0.3) is 0 Å². The maximum atomic E-state index is 11.6. The summed E-state index contributed by atoms with van der Waals surface area (Å²) in [7, 11) is 0. The molecule has 4 aliphatic carbocycles. The minimum absolute atomic E-state index is 0.0936. The van der Waals surface area contributed by atoms with Crippen LogP contribution in [0.2, 0.25) is 0 Å². The Morgan fingerprint density at radius 1 is 1.15 bits per heavy atom. The summed E-state index contributed by atoms with van der Waals surface area (Å²) in [4.78, 5) is 11.6. The second kappa shape index (κ2) is 4.30. The van der Waals surface area contributed by atoms with E-state index in [0.717, 1.165) is 32.1 Å². The largest absolute Gasteiger partial charge is 0.393 e. The molecule has 20 heavy (non-hydrogen) atoms. The van der Waals surface area contributed by atoms with Gasteiger partial charge in [0, 0.05) is 6.42 Å². The van der Waals surface area contributed by atoms with Crippen LogP contribution in [0.5, 0.6) is 0 Å². The van der Waals surface area contributed by atoms with Gasteiger partial charge < -0.3 is 5.11 Å². The third kappa shape index (κ3) is 1.64. The summed E-state index contributed by atoms with van der Waals surface area (Å²) in [5, 5.41) is 10.4. The van der Waals surface area contributed by atoms with Crippen LogP contribution in [0.3, 0.4) is 0 Å². The molecule has 108 valence electrons. The topological polar surface area (TPSA) is 37.3 Å². The van der Waals surface area contributed by atoms with Crippen molar-refractivity contribution in [3.8, 4) is 0 Å². The summed E-state index contributed by atoms with van der Waals surface area (Å²) in [6.07, 6.45) is 10.2. The number of hydrogen-bond acceptors (Lipinski definition) is 2. The second-order valence-corrected chi connectivity index (χ2v) is 7.49. The van der Waals surface area contributed by atoms with E-state index < -0.39 is 0 Å². The Labute approximate surface area is 120 Å². The quantitative estimate of drug-likeness (QED) is 0.732. The Kier molecular flexibility index (Phi) is 2.76. The molecule has 4 aliphatic rings. The number of ketones is 1. The van der Waals surface area contributed by atoms with Gasteiger partial charge in [0.05, 0.1) is 6.10 Å². The first kappa shape index (κ1) is 12.8. The number of allylic oxidation sites excluding steroid dienone is 4. The van der Waals surface area contributed by atoms with Crippen LogP contribution in [-0.2, 0) is 4.79 Å². The van der Waals surface area contributed by atoms with E-state index >= 15 is 0 Å². The van der Waals surface area contributed by atoms with Gasteiger partial charge in [-0.15, -0.1) is 0 Å². The first-order valence-corrected chi connectivity index (χ1v) is 8.23. The van der Waals surface area contributed by atoms with Gasteiger partial charge in [-0.2, -0.15) is 0 Å². The lowest BCUT2D eigenvalue weighted by atomic mass is 9.57. The van der Waals surface area contributed by atoms with E-state index in [9.17, 15) is 9.90 Å². The van der Waals surface area contributed by atoms with E-state index in [4.69, 9.17) is 0 Å². The zero-order valence-electron chi connectivity index (χ0n) is 12.3. The fourth-order valence-electron chi connectivity index (χ4n) is 5.50. The zero-order chi connectivity index (χ0) is 13.9. The third-order valence-corrected chi connectivity index (χ3v) is 6.68. The fraction of sp³-hybridized carbons (Fsp3) is 0.722. The molecule has 0 saturated heterocycles. The van der Waals surface area contributed by atoms with Crippen LogP contribution in [0, 0.1) is 17.3 Å². The number of aliphatic hydroxyl groups excluding tert-OH is 1. The third-order valence-electron chi connectivity index (χ3n) is 6.68. The smallest absolute Gasteiger partial charge is 0.156 e. The van der Waals surface area contributed by atoms with Crippen LogP contribution >= 0.6 is 0 Å². The number of fused-ring (bicyclic) bond motifs is 4. The number of carbonyl (C=O) groups is 1. The number of rotatable bonds is 0. The van der Waals surface area contributed by atoms with Crippen molar-refractivity contribution in [2.24, 2.45) is 17.3 Å². The minimum Gasteiger partial charge on any atom is -0.393 e. The van der Waals surface area contributed by atoms with Gasteiger partial charge in [-0.3, -0.25) is 4.79 Å². The van der Waals surface area contributed by atoms with Crippen LogP contribution in [0.25, 0.3) is 0 Å². The van der Waals surface area contributed by atoms with Gasteiger partial charge in [-0.05, 0) is 79.4 Å². The Bertz CT molecular complexity index is 528. The van der Waals surface area contributed by atoms with Crippen molar-refractivity contribution in [1.82, 2.24) is 0 Å². The summed E-state index contributed by atoms with van der Waals surface area (Å²) < 4.78 is 0. The molecule has 0 spiro atoms. The molecule has 0 aliphatic heterocycles. The van der Waals surface area contributed by atoms with Crippen LogP contribution in [0.15, 0.2) is 22.8 Å². The molecular formula is C18H24O2. The van der Waals surface area contributed by atoms with E-state index in [1.165, 1.54) is 24.0 Å². The summed E-state index contributed by atoms with van der Waals surface area (Å²) in [6.45, 7) is 2.31. The van der Waals surface area contributed by atoms with Gasteiger partial charge in [-0.25, -0.2) is 0 Å². The summed E-state index contributed by atoms with van der Waals surface area (Å²) >= 11 is 0. The molecule has 0 radical (unpaired) electrons. The van der Waals surface area contributed by atoms with Gasteiger partial charge >= 0.3 is 0 Å². The summed E-state index contributed by atoms with van der Waals surface area (Å²) in [5.74, 6) is 1.68. The van der Waals surface area contributed by atoms with Crippen LogP contribution in [0.4, 0.5) is 0 Å². The lowest BCUT2D eigenvalue weighted by Crippen LogP contribution is -2.42. The molecule has 1 N–H and O–H groups in total. The molecule has 2 saturated carbocycles. The Morgan fingerprint density at radius 3 is 2.85 bits per heavy atom. The maximum absolute atomic E-state index is 11.6. The first-order chi connectivity index (χ1) is 9.59. The van der Waals surface area contributed by atoms with Crippen molar-refractivity contribution in [2.45, 2.75) is 64.4 Å². The highest BCUT2D eigenvalue weighted by Gasteiger charge is 2.53. The van der Waals surface area contributed by atoms with Crippen molar-refractivity contribution < 1.29 is 9.90 Å². The number of aliphatic hydroxyl groups is 1. The average molecular weight is 272 g/mol. The lowest BCUT2D eigenvalue weighted by molar-refractivity contribution is -0.114. The SMILES string of the molecule is C[C@@]12CCC3=C4CCC(=O)C=C4CC[C@@H]3[C@@H]1CC[C@@H]2O. The number of carbonyl (C=O) groups excluding carboxylic acids is 1. The highest BCUT2D eigenvalue weighted by atomic mass is 16.3. The van der Waals surface area contributed by atoms with E-state index in [2.05, 4.69) is 6.92 Å². The van der Waals surface area contributed by atoms with Gasteiger partial charge in [-0.1, -0.05) is 12.5 Å². The average Bonchev–Trinajstić information content (AvgIpc) is 2.74. The lowest BCUT2D eigenvalue weighted by Gasteiger charge is -2.48. The van der Waals surface area contributed by atoms with Gasteiger partial charge in [0.15, 0.2) is 5.78 Å². The zero-order valence-corrected chi connectivity index (χ0v) is 12.3.